The van der Waals surface area contributed by atoms with Crippen molar-refractivity contribution in [1.82, 2.24) is 9.80 Å². The highest BCUT2D eigenvalue weighted by Gasteiger charge is 2.53. The Labute approximate surface area is 128 Å². The van der Waals surface area contributed by atoms with Crippen molar-refractivity contribution in [3.05, 3.63) is 0 Å². The van der Waals surface area contributed by atoms with E-state index in [0.29, 0.717) is 12.1 Å². The molecular weight excluding hydrogens is 264 g/mol. The van der Waals surface area contributed by atoms with E-state index < -0.39 is 5.60 Å². The molecule has 4 heteroatoms. The Morgan fingerprint density at radius 3 is 2.52 bits per heavy atom. The molecule has 4 nitrogen and oxygen atoms in total. The topological polar surface area (TPSA) is 32.8 Å². The highest BCUT2D eigenvalue weighted by atomic mass is 16.6. The van der Waals surface area contributed by atoms with E-state index in [0.717, 1.165) is 31.5 Å². The zero-order valence-electron chi connectivity index (χ0n) is 14.0. The Morgan fingerprint density at radius 2 is 1.90 bits per heavy atom. The first-order valence-electron chi connectivity index (χ1n) is 8.64. The fourth-order valence-corrected chi connectivity index (χ4v) is 4.14. The van der Waals surface area contributed by atoms with Gasteiger partial charge in [-0.05, 0) is 52.4 Å². The predicted octanol–water partition coefficient (Wildman–Crippen LogP) is 3.26. The van der Waals surface area contributed by atoms with Gasteiger partial charge in [-0.25, -0.2) is 4.79 Å². The third-order valence-corrected chi connectivity index (χ3v) is 5.34. The number of piperazine rings is 1. The fourth-order valence-electron chi connectivity index (χ4n) is 4.14. The standard InChI is InChI=1S/C17H30N2O2/c1-5-12-6-7-13(10-12)18-8-9-19(15-11-14(15)18)16(20)21-17(2,3)4/h12-15H,5-11H2,1-4H3. The molecule has 2 aliphatic carbocycles. The summed E-state index contributed by atoms with van der Waals surface area (Å²) in [6, 6.07) is 1.78. The molecule has 1 amide bonds. The van der Waals surface area contributed by atoms with Gasteiger partial charge in [-0.2, -0.15) is 0 Å². The van der Waals surface area contributed by atoms with Gasteiger partial charge in [-0.1, -0.05) is 13.3 Å². The normalized spacial score (nSPS) is 36.5. The van der Waals surface area contributed by atoms with E-state index >= 15 is 0 Å². The quantitative estimate of drug-likeness (QED) is 0.783. The van der Waals surface area contributed by atoms with Gasteiger partial charge in [0.05, 0.1) is 6.04 Å². The minimum absolute atomic E-state index is 0.118. The lowest BCUT2D eigenvalue weighted by molar-refractivity contribution is 0.00913. The molecule has 0 radical (unpaired) electrons. The van der Waals surface area contributed by atoms with Crippen LogP contribution in [0, 0.1) is 5.92 Å². The Balaban J connectivity index is 1.55. The highest BCUT2D eigenvalue weighted by Crippen LogP contribution is 2.42. The van der Waals surface area contributed by atoms with Gasteiger partial charge in [-0.15, -0.1) is 0 Å². The summed E-state index contributed by atoms with van der Waals surface area (Å²) in [6.07, 6.45) is 6.47. The zero-order valence-corrected chi connectivity index (χ0v) is 14.0. The molecule has 0 aromatic rings. The molecule has 4 atom stereocenters. The van der Waals surface area contributed by atoms with E-state index in [4.69, 9.17) is 4.74 Å². The second kappa shape index (κ2) is 5.45. The molecule has 0 spiro atoms. The van der Waals surface area contributed by atoms with Crippen LogP contribution in [0.4, 0.5) is 4.79 Å². The predicted molar refractivity (Wildman–Crippen MR) is 83.3 cm³/mol. The molecule has 3 rings (SSSR count). The zero-order chi connectivity index (χ0) is 15.2. The minimum atomic E-state index is -0.390. The lowest BCUT2D eigenvalue weighted by atomic mass is 10.0. The van der Waals surface area contributed by atoms with Crippen LogP contribution in [0.1, 0.15) is 59.8 Å². The molecule has 1 heterocycles. The van der Waals surface area contributed by atoms with Crippen molar-refractivity contribution in [1.29, 1.82) is 0 Å². The molecule has 4 unspecified atom stereocenters. The molecule has 0 aromatic heterocycles. The van der Waals surface area contributed by atoms with E-state index in [1.165, 1.54) is 25.7 Å². The molecule has 2 saturated carbocycles. The average Bonchev–Trinajstić information content (AvgIpc) is 3.05. The van der Waals surface area contributed by atoms with Crippen molar-refractivity contribution < 1.29 is 9.53 Å². The molecule has 0 bridgehead atoms. The molecule has 1 aliphatic heterocycles. The Morgan fingerprint density at radius 1 is 1.14 bits per heavy atom. The molecule has 0 N–H and O–H groups in total. The van der Waals surface area contributed by atoms with Gasteiger partial charge in [0.2, 0.25) is 0 Å². The van der Waals surface area contributed by atoms with Crippen LogP contribution in [0.3, 0.4) is 0 Å². The molecule has 0 aromatic carbocycles. The van der Waals surface area contributed by atoms with Crippen molar-refractivity contribution >= 4 is 6.09 Å². The van der Waals surface area contributed by atoms with E-state index in [2.05, 4.69) is 11.8 Å². The van der Waals surface area contributed by atoms with E-state index in [-0.39, 0.29) is 6.09 Å². The van der Waals surface area contributed by atoms with Gasteiger partial charge in [0.15, 0.2) is 0 Å². The van der Waals surface area contributed by atoms with Crippen LogP contribution >= 0.6 is 0 Å². The summed E-state index contributed by atoms with van der Waals surface area (Å²) in [5.74, 6) is 0.927. The van der Waals surface area contributed by atoms with Crippen molar-refractivity contribution in [2.75, 3.05) is 13.1 Å². The molecular formula is C17H30N2O2. The third kappa shape index (κ3) is 3.20. The summed E-state index contributed by atoms with van der Waals surface area (Å²) in [5, 5.41) is 0. The van der Waals surface area contributed by atoms with E-state index in [1.54, 1.807) is 0 Å². The summed E-state index contributed by atoms with van der Waals surface area (Å²) in [6.45, 7) is 10.00. The summed E-state index contributed by atoms with van der Waals surface area (Å²) >= 11 is 0. The molecule has 120 valence electrons. The first-order chi connectivity index (χ1) is 9.89. The number of nitrogens with zero attached hydrogens (tertiary/aromatic N) is 2. The lowest BCUT2D eigenvalue weighted by Crippen LogP contribution is -2.52. The van der Waals surface area contributed by atoms with Crippen LogP contribution in [-0.4, -0.2) is 52.7 Å². The number of rotatable bonds is 2. The number of hydrogen-bond donors (Lipinski definition) is 0. The third-order valence-electron chi connectivity index (χ3n) is 5.34. The second-order valence-electron chi connectivity index (χ2n) is 8.02. The van der Waals surface area contributed by atoms with Crippen LogP contribution in [0.25, 0.3) is 0 Å². The summed E-state index contributed by atoms with van der Waals surface area (Å²) in [4.78, 5) is 16.9. The van der Waals surface area contributed by atoms with Crippen LogP contribution in [0.5, 0.6) is 0 Å². The van der Waals surface area contributed by atoms with E-state index in [9.17, 15) is 4.79 Å². The maximum atomic E-state index is 12.3. The van der Waals surface area contributed by atoms with Gasteiger partial charge in [0, 0.05) is 25.2 Å². The van der Waals surface area contributed by atoms with Gasteiger partial charge in [0.25, 0.3) is 0 Å². The Hall–Kier alpha value is -0.770. The number of carbonyl (C=O) groups excluding carboxylic acids is 1. The monoisotopic (exact) mass is 294 g/mol. The van der Waals surface area contributed by atoms with Crippen LogP contribution < -0.4 is 0 Å². The van der Waals surface area contributed by atoms with Gasteiger partial charge < -0.3 is 9.64 Å². The Bertz CT molecular complexity index is 404. The number of hydrogen-bond acceptors (Lipinski definition) is 3. The summed E-state index contributed by atoms with van der Waals surface area (Å²) in [7, 11) is 0. The van der Waals surface area contributed by atoms with Crippen molar-refractivity contribution in [2.24, 2.45) is 5.92 Å². The summed E-state index contributed by atoms with van der Waals surface area (Å²) < 4.78 is 5.54. The average molecular weight is 294 g/mol. The van der Waals surface area contributed by atoms with Crippen molar-refractivity contribution in [3.63, 3.8) is 0 Å². The van der Waals surface area contributed by atoms with Crippen LogP contribution in [0.2, 0.25) is 0 Å². The fraction of sp³-hybridized carbons (Fsp3) is 0.941. The van der Waals surface area contributed by atoms with Gasteiger partial charge >= 0.3 is 6.09 Å². The van der Waals surface area contributed by atoms with Crippen molar-refractivity contribution in [2.45, 2.75) is 83.5 Å². The number of fused-ring (bicyclic) bond motifs is 1. The molecule has 1 saturated heterocycles. The molecule has 3 fully saturated rings. The number of amides is 1. The van der Waals surface area contributed by atoms with Crippen molar-refractivity contribution in [3.8, 4) is 0 Å². The van der Waals surface area contributed by atoms with Gasteiger partial charge in [-0.3, -0.25) is 4.90 Å². The first-order valence-corrected chi connectivity index (χ1v) is 8.64. The smallest absolute Gasteiger partial charge is 0.410 e. The number of ether oxygens (including phenoxy) is 1. The van der Waals surface area contributed by atoms with Gasteiger partial charge in [0.1, 0.15) is 5.60 Å². The van der Waals surface area contributed by atoms with Crippen LogP contribution in [0.15, 0.2) is 0 Å². The second-order valence-corrected chi connectivity index (χ2v) is 8.02. The Kier molecular flexibility index (Phi) is 3.93. The summed E-state index contributed by atoms with van der Waals surface area (Å²) in [5.41, 5.74) is -0.390. The largest absolute Gasteiger partial charge is 0.444 e. The minimum Gasteiger partial charge on any atom is -0.444 e. The van der Waals surface area contributed by atoms with E-state index in [1.807, 2.05) is 25.7 Å². The number of carbonyl (C=O) groups is 1. The maximum Gasteiger partial charge on any atom is 0.410 e. The highest BCUT2D eigenvalue weighted by molar-refractivity contribution is 5.69. The lowest BCUT2D eigenvalue weighted by Gasteiger charge is -2.38. The molecule has 21 heavy (non-hydrogen) atoms. The van der Waals surface area contributed by atoms with Crippen LogP contribution in [-0.2, 0) is 4.74 Å². The maximum absolute atomic E-state index is 12.3. The first kappa shape index (κ1) is 15.1. The SMILES string of the molecule is CCC1CCC(N2CCN(C(=O)OC(C)(C)C)C3CC32)C1. The molecule has 3 aliphatic rings.